The first-order chi connectivity index (χ1) is 12.9. The molecule has 0 unspecified atom stereocenters. The standard InChI is InChI=1S/C18H24FN5O2S/c1-13-10-15(5-6-16(13)19)27(25,26)23-8-9-24-17(12-23)20-21-18(24)14-4-3-7-22(2)11-14/h5-6,10,14H,3-4,7-9,11-12H2,1-2H3/t14-/m0/s1. The van der Waals surface area contributed by atoms with Crippen LogP contribution in [0.5, 0.6) is 0 Å². The van der Waals surface area contributed by atoms with Crippen LogP contribution in [-0.2, 0) is 23.1 Å². The van der Waals surface area contributed by atoms with Gasteiger partial charge in [0.2, 0.25) is 10.0 Å². The summed E-state index contributed by atoms with van der Waals surface area (Å²) in [6, 6.07) is 3.90. The summed E-state index contributed by atoms with van der Waals surface area (Å²) in [6.45, 7) is 4.70. The molecular weight excluding hydrogens is 369 g/mol. The Morgan fingerprint density at radius 1 is 1.19 bits per heavy atom. The number of piperidine rings is 1. The van der Waals surface area contributed by atoms with E-state index in [0.717, 1.165) is 31.8 Å². The van der Waals surface area contributed by atoms with Crippen LogP contribution in [-0.4, -0.2) is 59.1 Å². The second kappa shape index (κ2) is 6.96. The van der Waals surface area contributed by atoms with Crippen LogP contribution in [0.25, 0.3) is 0 Å². The van der Waals surface area contributed by atoms with Gasteiger partial charge in [0.15, 0.2) is 0 Å². The van der Waals surface area contributed by atoms with Crippen LogP contribution in [0.2, 0.25) is 0 Å². The molecule has 2 aliphatic heterocycles. The predicted molar refractivity (Wildman–Crippen MR) is 98.2 cm³/mol. The van der Waals surface area contributed by atoms with E-state index in [9.17, 15) is 12.8 Å². The maximum absolute atomic E-state index is 13.5. The highest BCUT2D eigenvalue weighted by atomic mass is 32.2. The molecule has 1 saturated heterocycles. The summed E-state index contributed by atoms with van der Waals surface area (Å²) in [4.78, 5) is 2.41. The number of sulfonamides is 1. The Labute approximate surface area is 158 Å². The molecule has 0 aliphatic carbocycles. The Balaban J connectivity index is 1.57. The number of likely N-dealkylation sites (N-methyl/N-ethyl adjacent to an activating group) is 1. The van der Waals surface area contributed by atoms with E-state index in [1.807, 2.05) is 0 Å². The van der Waals surface area contributed by atoms with E-state index in [1.165, 1.54) is 22.5 Å². The van der Waals surface area contributed by atoms with Gasteiger partial charge in [0.1, 0.15) is 17.5 Å². The lowest BCUT2D eigenvalue weighted by Gasteiger charge is -2.31. The Hall–Kier alpha value is -1.84. The fourth-order valence-corrected chi connectivity index (χ4v) is 5.44. The Kier molecular flexibility index (Phi) is 4.77. The second-order valence-corrected chi connectivity index (χ2v) is 9.41. The minimum atomic E-state index is -3.69. The number of hydrogen-bond donors (Lipinski definition) is 0. The van der Waals surface area contributed by atoms with Crippen molar-refractivity contribution in [2.75, 3.05) is 26.7 Å². The fraction of sp³-hybridized carbons (Fsp3) is 0.556. The molecule has 146 valence electrons. The lowest BCUT2D eigenvalue weighted by atomic mass is 9.97. The van der Waals surface area contributed by atoms with Gasteiger partial charge < -0.3 is 9.47 Å². The van der Waals surface area contributed by atoms with Crippen LogP contribution >= 0.6 is 0 Å². The van der Waals surface area contributed by atoms with Gasteiger partial charge in [-0.1, -0.05) is 0 Å². The van der Waals surface area contributed by atoms with Crippen LogP contribution < -0.4 is 0 Å². The quantitative estimate of drug-likeness (QED) is 0.794. The van der Waals surface area contributed by atoms with Crippen LogP contribution in [0.1, 0.15) is 36.0 Å². The molecule has 2 aromatic rings. The van der Waals surface area contributed by atoms with Gasteiger partial charge in [0.05, 0.1) is 11.4 Å². The Bertz CT molecular complexity index is 959. The van der Waals surface area contributed by atoms with Crippen molar-refractivity contribution in [2.45, 2.75) is 43.7 Å². The van der Waals surface area contributed by atoms with Gasteiger partial charge in [0, 0.05) is 25.6 Å². The van der Waals surface area contributed by atoms with E-state index in [4.69, 9.17) is 0 Å². The fourth-order valence-electron chi connectivity index (χ4n) is 3.97. The van der Waals surface area contributed by atoms with Gasteiger partial charge in [-0.3, -0.25) is 0 Å². The summed E-state index contributed by atoms with van der Waals surface area (Å²) < 4.78 is 42.9. The molecule has 0 N–H and O–H groups in total. The monoisotopic (exact) mass is 393 g/mol. The van der Waals surface area contributed by atoms with Crippen molar-refractivity contribution in [3.63, 3.8) is 0 Å². The van der Waals surface area contributed by atoms with Crippen molar-refractivity contribution in [3.8, 4) is 0 Å². The number of aromatic nitrogens is 3. The maximum Gasteiger partial charge on any atom is 0.243 e. The molecule has 0 bridgehead atoms. The summed E-state index contributed by atoms with van der Waals surface area (Å²) in [5, 5.41) is 8.66. The van der Waals surface area contributed by atoms with Crippen LogP contribution in [0.4, 0.5) is 4.39 Å². The average Bonchev–Trinajstić information content (AvgIpc) is 3.07. The first kappa shape index (κ1) is 18.5. The second-order valence-electron chi connectivity index (χ2n) is 7.48. The molecule has 7 nitrogen and oxygen atoms in total. The van der Waals surface area contributed by atoms with Gasteiger partial charge in [-0.15, -0.1) is 10.2 Å². The topological polar surface area (TPSA) is 71.3 Å². The molecule has 9 heteroatoms. The molecule has 1 atom stereocenters. The van der Waals surface area contributed by atoms with Crippen molar-refractivity contribution in [1.29, 1.82) is 0 Å². The molecule has 1 aromatic heterocycles. The summed E-state index contributed by atoms with van der Waals surface area (Å²) in [5.74, 6) is 1.57. The lowest BCUT2D eigenvalue weighted by molar-refractivity contribution is 0.239. The summed E-state index contributed by atoms with van der Waals surface area (Å²) in [6.07, 6.45) is 2.22. The highest BCUT2D eigenvalue weighted by Crippen LogP contribution is 2.28. The number of hydrogen-bond acceptors (Lipinski definition) is 5. The molecule has 27 heavy (non-hydrogen) atoms. The lowest BCUT2D eigenvalue weighted by Crippen LogP contribution is -2.39. The zero-order chi connectivity index (χ0) is 19.2. The predicted octanol–water partition coefficient (Wildman–Crippen LogP) is 1.74. The molecule has 0 radical (unpaired) electrons. The number of nitrogens with zero attached hydrogens (tertiary/aromatic N) is 5. The van der Waals surface area contributed by atoms with Crippen LogP contribution in [0, 0.1) is 12.7 Å². The Morgan fingerprint density at radius 3 is 2.74 bits per heavy atom. The van der Waals surface area contributed by atoms with Crippen molar-refractivity contribution >= 4 is 10.0 Å². The SMILES string of the molecule is Cc1cc(S(=O)(=O)N2CCn3c(nnc3[C@H]3CCCN(C)C3)C2)ccc1F. The van der Waals surface area contributed by atoms with Crippen LogP contribution in [0.3, 0.4) is 0 Å². The van der Waals surface area contributed by atoms with Gasteiger partial charge in [-0.25, -0.2) is 12.8 Å². The molecule has 0 spiro atoms. The van der Waals surface area contributed by atoms with Crippen LogP contribution in [0.15, 0.2) is 23.1 Å². The molecule has 3 heterocycles. The smallest absolute Gasteiger partial charge is 0.243 e. The van der Waals surface area contributed by atoms with E-state index in [2.05, 4.69) is 26.7 Å². The highest BCUT2D eigenvalue weighted by Gasteiger charge is 2.33. The molecular formula is C18H24FN5O2S. The Morgan fingerprint density at radius 2 is 2.00 bits per heavy atom. The third kappa shape index (κ3) is 3.39. The number of aryl methyl sites for hydroxylation is 1. The van der Waals surface area contributed by atoms with E-state index in [-0.39, 0.29) is 11.4 Å². The number of likely N-dealkylation sites (tertiary alicyclic amines) is 1. The molecule has 0 amide bonds. The van der Waals surface area contributed by atoms with Crippen molar-refractivity contribution in [2.24, 2.45) is 0 Å². The third-order valence-corrected chi connectivity index (χ3v) is 7.34. The normalized spacial score (nSPS) is 22.0. The first-order valence-corrected chi connectivity index (χ1v) is 10.7. The number of rotatable bonds is 3. The number of fused-ring (bicyclic) bond motifs is 1. The van der Waals surface area contributed by atoms with E-state index in [0.29, 0.717) is 30.4 Å². The van der Waals surface area contributed by atoms with E-state index >= 15 is 0 Å². The molecule has 1 fully saturated rings. The minimum absolute atomic E-state index is 0.114. The summed E-state index contributed by atoms with van der Waals surface area (Å²) in [7, 11) is -1.58. The van der Waals surface area contributed by atoms with Crippen molar-refractivity contribution in [3.05, 3.63) is 41.2 Å². The van der Waals surface area contributed by atoms with Crippen molar-refractivity contribution in [1.82, 2.24) is 24.0 Å². The molecule has 1 aromatic carbocycles. The molecule has 2 aliphatic rings. The van der Waals surface area contributed by atoms with Crippen molar-refractivity contribution < 1.29 is 12.8 Å². The maximum atomic E-state index is 13.5. The number of benzene rings is 1. The summed E-state index contributed by atoms with van der Waals surface area (Å²) >= 11 is 0. The third-order valence-electron chi connectivity index (χ3n) is 5.50. The minimum Gasteiger partial charge on any atom is -0.312 e. The zero-order valence-electron chi connectivity index (χ0n) is 15.6. The van der Waals surface area contributed by atoms with Gasteiger partial charge in [-0.05, 0) is 57.1 Å². The summed E-state index contributed by atoms with van der Waals surface area (Å²) in [5.41, 5.74) is 0.319. The highest BCUT2D eigenvalue weighted by molar-refractivity contribution is 7.89. The zero-order valence-corrected chi connectivity index (χ0v) is 16.4. The van der Waals surface area contributed by atoms with E-state index in [1.54, 1.807) is 6.92 Å². The number of halogens is 1. The average molecular weight is 393 g/mol. The molecule has 0 saturated carbocycles. The molecule has 4 rings (SSSR count). The largest absolute Gasteiger partial charge is 0.312 e. The van der Waals surface area contributed by atoms with Gasteiger partial charge in [0.25, 0.3) is 0 Å². The van der Waals surface area contributed by atoms with E-state index < -0.39 is 15.8 Å². The first-order valence-electron chi connectivity index (χ1n) is 9.23. The van der Waals surface area contributed by atoms with Gasteiger partial charge in [-0.2, -0.15) is 4.31 Å². The van der Waals surface area contributed by atoms with Gasteiger partial charge >= 0.3 is 0 Å².